The molecule has 3 N–H and O–H groups in total. The number of likely N-dealkylation sites (N-methyl/N-ethyl adjacent to an activating group) is 1. The van der Waals surface area contributed by atoms with E-state index in [0.717, 1.165) is 12.8 Å². The van der Waals surface area contributed by atoms with Gasteiger partial charge in [0.25, 0.3) is 0 Å². The normalized spacial score (nSPS) is 13.6. The van der Waals surface area contributed by atoms with Crippen molar-refractivity contribution in [1.29, 1.82) is 0 Å². The predicted octanol–water partition coefficient (Wildman–Crippen LogP) is -0.290. The van der Waals surface area contributed by atoms with Crippen LogP contribution < -0.4 is 10.6 Å². The fraction of sp³-hybridized carbons (Fsp3) is 0.500. The fourth-order valence-electron chi connectivity index (χ4n) is 1.66. The van der Waals surface area contributed by atoms with Crippen molar-refractivity contribution in [3.63, 3.8) is 0 Å². The van der Waals surface area contributed by atoms with Crippen molar-refractivity contribution < 1.29 is 19.5 Å². The quantitative estimate of drug-likeness (QED) is 0.667. The van der Waals surface area contributed by atoms with E-state index in [1.807, 2.05) is 0 Å². The lowest BCUT2D eigenvalue weighted by molar-refractivity contribution is -0.137. The van der Waals surface area contributed by atoms with E-state index in [9.17, 15) is 14.4 Å². The van der Waals surface area contributed by atoms with Crippen LogP contribution in [0, 0.1) is 0 Å². The zero-order chi connectivity index (χ0) is 15.4. The van der Waals surface area contributed by atoms with Crippen LogP contribution >= 0.6 is 0 Å². The maximum Gasteiger partial charge on any atom is 0.325 e. The van der Waals surface area contributed by atoms with Gasteiger partial charge in [0.15, 0.2) is 0 Å². The number of nitrogens with one attached hydrogen (secondary N) is 2. The molecule has 9 nitrogen and oxygen atoms in total. The highest BCUT2D eigenvalue weighted by molar-refractivity contribution is 5.92. The number of anilines is 1. The summed E-state index contributed by atoms with van der Waals surface area (Å²) < 4.78 is 1.19. The number of urea groups is 1. The molecule has 0 aliphatic heterocycles. The van der Waals surface area contributed by atoms with Crippen LogP contribution in [0.15, 0.2) is 12.4 Å². The van der Waals surface area contributed by atoms with Gasteiger partial charge in [-0.3, -0.25) is 14.3 Å². The number of amides is 3. The molecule has 0 aromatic carbocycles. The first kappa shape index (κ1) is 14.8. The molecular weight excluding hydrogens is 278 g/mol. The number of nitrogens with zero attached hydrogens (tertiary/aromatic N) is 3. The van der Waals surface area contributed by atoms with Crippen molar-refractivity contribution in [3.05, 3.63) is 12.4 Å². The SMILES string of the molecule is CN(CC(=O)NC1CC1)C(=O)Nc1cnn(CC(=O)O)c1. The standard InChI is InChI=1S/C12H17N5O4/c1-16(6-10(18)14-8-2-3-8)12(21)15-9-4-13-17(5-9)7-11(19)20/h4-5,8H,2-3,6-7H2,1H3,(H,14,18)(H,15,21)(H,19,20). The lowest BCUT2D eigenvalue weighted by Crippen LogP contribution is -2.40. The van der Waals surface area contributed by atoms with E-state index in [4.69, 9.17) is 5.11 Å². The van der Waals surface area contributed by atoms with Gasteiger partial charge in [0, 0.05) is 19.3 Å². The molecule has 1 aliphatic carbocycles. The van der Waals surface area contributed by atoms with Crippen LogP contribution in [0.2, 0.25) is 0 Å². The number of aliphatic carboxylic acids is 1. The minimum absolute atomic E-state index is 0.0361. The molecule has 1 saturated carbocycles. The molecule has 1 aromatic heterocycles. The highest BCUT2D eigenvalue weighted by atomic mass is 16.4. The number of hydrogen-bond acceptors (Lipinski definition) is 4. The molecule has 0 atom stereocenters. The van der Waals surface area contributed by atoms with E-state index in [1.54, 1.807) is 0 Å². The minimum atomic E-state index is -1.02. The van der Waals surface area contributed by atoms with E-state index in [1.165, 1.54) is 29.0 Å². The molecule has 0 bridgehead atoms. The van der Waals surface area contributed by atoms with Gasteiger partial charge in [-0.2, -0.15) is 5.10 Å². The average molecular weight is 295 g/mol. The second-order valence-electron chi connectivity index (χ2n) is 4.95. The monoisotopic (exact) mass is 295 g/mol. The van der Waals surface area contributed by atoms with Gasteiger partial charge in [0.2, 0.25) is 5.91 Å². The van der Waals surface area contributed by atoms with E-state index >= 15 is 0 Å². The molecule has 21 heavy (non-hydrogen) atoms. The Morgan fingerprint density at radius 2 is 2.19 bits per heavy atom. The van der Waals surface area contributed by atoms with Gasteiger partial charge in [-0.05, 0) is 12.8 Å². The fourth-order valence-corrected chi connectivity index (χ4v) is 1.66. The molecule has 1 aliphatic rings. The Morgan fingerprint density at radius 1 is 1.48 bits per heavy atom. The Balaban J connectivity index is 1.80. The van der Waals surface area contributed by atoms with Gasteiger partial charge in [0.1, 0.15) is 13.1 Å². The summed E-state index contributed by atoms with van der Waals surface area (Å²) in [5.74, 6) is -1.22. The highest BCUT2D eigenvalue weighted by Gasteiger charge is 2.24. The Labute approximate surface area is 120 Å². The summed E-state index contributed by atoms with van der Waals surface area (Å²) in [5.41, 5.74) is 0.371. The number of rotatable bonds is 6. The van der Waals surface area contributed by atoms with E-state index in [0.29, 0.717) is 5.69 Å². The van der Waals surface area contributed by atoms with Crippen LogP contribution in [-0.2, 0) is 16.1 Å². The largest absolute Gasteiger partial charge is 0.480 e. The smallest absolute Gasteiger partial charge is 0.325 e. The first-order valence-corrected chi connectivity index (χ1v) is 6.50. The molecule has 1 aromatic rings. The summed E-state index contributed by atoms with van der Waals surface area (Å²) in [6, 6.07) is -0.209. The van der Waals surface area contributed by atoms with Crippen molar-refractivity contribution in [3.8, 4) is 0 Å². The molecule has 114 valence electrons. The second-order valence-corrected chi connectivity index (χ2v) is 4.95. The first-order valence-electron chi connectivity index (χ1n) is 6.50. The van der Waals surface area contributed by atoms with Crippen molar-refractivity contribution in [2.75, 3.05) is 18.9 Å². The number of carbonyl (C=O) groups is 3. The van der Waals surface area contributed by atoms with Gasteiger partial charge in [-0.25, -0.2) is 4.79 Å². The third-order valence-corrected chi connectivity index (χ3v) is 2.85. The van der Waals surface area contributed by atoms with Gasteiger partial charge in [-0.15, -0.1) is 0 Å². The number of carboxylic acids is 1. The Hall–Kier alpha value is -2.58. The molecule has 0 unspecified atom stereocenters. The van der Waals surface area contributed by atoms with Crippen molar-refractivity contribution in [1.82, 2.24) is 20.0 Å². The Bertz CT molecular complexity index is 552. The Morgan fingerprint density at radius 3 is 2.81 bits per heavy atom. The third kappa shape index (κ3) is 4.79. The van der Waals surface area contributed by atoms with Crippen molar-refractivity contribution >= 4 is 23.6 Å². The number of carboxylic acid groups (broad SMARTS) is 1. The van der Waals surface area contributed by atoms with E-state index in [2.05, 4.69) is 15.7 Å². The molecular formula is C12H17N5O4. The minimum Gasteiger partial charge on any atom is -0.480 e. The molecule has 3 amide bonds. The Kier molecular flexibility index (Phi) is 4.41. The van der Waals surface area contributed by atoms with Gasteiger partial charge >= 0.3 is 12.0 Å². The van der Waals surface area contributed by atoms with Crippen LogP contribution in [0.25, 0.3) is 0 Å². The van der Waals surface area contributed by atoms with E-state index in [-0.39, 0.29) is 25.0 Å². The van der Waals surface area contributed by atoms with Gasteiger partial charge in [0.05, 0.1) is 11.9 Å². The van der Waals surface area contributed by atoms with E-state index < -0.39 is 12.0 Å². The zero-order valence-electron chi connectivity index (χ0n) is 11.6. The molecule has 0 spiro atoms. The summed E-state index contributed by atoms with van der Waals surface area (Å²) in [6.45, 7) is -0.318. The molecule has 9 heteroatoms. The topological polar surface area (TPSA) is 117 Å². The second kappa shape index (κ2) is 6.25. The van der Waals surface area contributed by atoms with Crippen molar-refractivity contribution in [2.24, 2.45) is 0 Å². The molecule has 0 saturated heterocycles. The van der Waals surface area contributed by atoms with Crippen LogP contribution in [0.1, 0.15) is 12.8 Å². The predicted molar refractivity (Wildman–Crippen MR) is 72.7 cm³/mol. The summed E-state index contributed by atoms with van der Waals surface area (Å²) in [6.07, 6.45) is 4.73. The molecule has 1 fully saturated rings. The van der Waals surface area contributed by atoms with Crippen LogP contribution in [0.4, 0.5) is 10.5 Å². The zero-order valence-corrected chi connectivity index (χ0v) is 11.6. The van der Waals surface area contributed by atoms with Crippen LogP contribution in [0.5, 0.6) is 0 Å². The molecule has 2 rings (SSSR count). The molecule has 1 heterocycles. The lowest BCUT2D eigenvalue weighted by atomic mass is 10.5. The highest BCUT2D eigenvalue weighted by Crippen LogP contribution is 2.18. The van der Waals surface area contributed by atoms with Crippen LogP contribution in [0.3, 0.4) is 0 Å². The summed E-state index contributed by atoms with van der Waals surface area (Å²) in [5, 5.41) is 17.7. The lowest BCUT2D eigenvalue weighted by Gasteiger charge is -2.16. The maximum absolute atomic E-state index is 11.9. The van der Waals surface area contributed by atoms with Crippen LogP contribution in [-0.4, -0.2) is 57.3 Å². The van der Waals surface area contributed by atoms with Crippen molar-refractivity contribution in [2.45, 2.75) is 25.4 Å². The third-order valence-electron chi connectivity index (χ3n) is 2.85. The number of hydrogen-bond donors (Lipinski definition) is 3. The summed E-state index contributed by atoms with van der Waals surface area (Å²) >= 11 is 0. The maximum atomic E-state index is 11.9. The number of carbonyl (C=O) groups excluding carboxylic acids is 2. The summed E-state index contributed by atoms with van der Waals surface area (Å²) in [7, 11) is 1.50. The number of aromatic nitrogens is 2. The molecule has 0 radical (unpaired) electrons. The average Bonchev–Trinajstić information content (AvgIpc) is 3.08. The van der Waals surface area contributed by atoms with Gasteiger partial charge < -0.3 is 20.6 Å². The first-order chi connectivity index (χ1) is 9.94. The summed E-state index contributed by atoms with van der Waals surface area (Å²) in [4.78, 5) is 35.2. The van der Waals surface area contributed by atoms with Gasteiger partial charge in [-0.1, -0.05) is 0 Å².